The summed E-state index contributed by atoms with van der Waals surface area (Å²) in [4.78, 5) is 4.27. The van der Waals surface area contributed by atoms with Crippen molar-refractivity contribution >= 4 is 11.6 Å². The van der Waals surface area contributed by atoms with E-state index in [0.717, 1.165) is 28.1 Å². The van der Waals surface area contributed by atoms with Crippen LogP contribution in [0.5, 0.6) is 5.88 Å². The van der Waals surface area contributed by atoms with Crippen molar-refractivity contribution in [1.29, 1.82) is 0 Å². The summed E-state index contributed by atoms with van der Waals surface area (Å²) in [5.74, 6) is 0.600. The van der Waals surface area contributed by atoms with Gasteiger partial charge in [-0.1, -0.05) is 17.7 Å². The smallest absolute Gasteiger partial charge is 0.213 e. The first kappa shape index (κ1) is 13.4. The number of hydrogen-bond donors (Lipinski definition) is 0. The van der Waals surface area contributed by atoms with Crippen LogP contribution < -0.4 is 4.74 Å². The number of aromatic nitrogens is 1. The first-order valence-corrected chi connectivity index (χ1v) is 6.98. The van der Waals surface area contributed by atoms with Crippen molar-refractivity contribution in [2.75, 3.05) is 7.11 Å². The first-order chi connectivity index (χ1) is 9.67. The SMILES string of the molecule is COc1cc2c(cn1)CO[C@H](C)Cc1ccc(Cl)cc1-2. The summed E-state index contributed by atoms with van der Waals surface area (Å²) in [5, 5.41) is 0.736. The van der Waals surface area contributed by atoms with Gasteiger partial charge in [0.25, 0.3) is 0 Å². The van der Waals surface area contributed by atoms with Crippen LogP contribution >= 0.6 is 11.6 Å². The van der Waals surface area contributed by atoms with Crippen LogP contribution in [0.15, 0.2) is 30.5 Å². The molecule has 0 saturated heterocycles. The lowest BCUT2D eigenvalue weighted by Gasteiger charge is -2.22. The summed E-state index contributed by atoms with van der Waals surface area (Å²) in [6.45, 7) is 2.64. The molecule has 2 heterocycles. The number of benzene rings is 1. The third kappa shape index (κ3) is 2.51. The van der Waals surface area contributed by atoms with E-state index in [0.29, 0.717) is 12.5 Å². The summed E-state index contributed by atoms with van der Waals surface area (Å²) in [6.07, 6.45) is 2.86. The van der Waals surface area contributed by atoms with Gasteiger partial charge in [0.15, 0.2) is 0 Å². The molecule has 0 N–H and O–H groups in total. The van der Waals surface area contributed by atoms with Crippen molar-refractivity contribution < 1.29 is 9.47 Å². The lowest BCUT2D eigenvalue weighted by Crippen LogP contribution is -2.15. The maximum atomic E-state index is 6.17. The molecule has 4 heteroatoms. The molecule has 0 fully saturated rings. The second-order valence-corrected chi connectivity index (χ2v) is 5.45. The molecule has 1 aromatic heterocycles. The van der Waals surface area contributed by atoms with Gasteiger partial charge in [0.2, 0.25) is 5.88 Å². The van der Waals surface area contributed by atoms with Crippen LogP contribution in [0.1, 0.15) is 18.1 Å². The maximum Gasteiger partial charge on any atom is 0.213 e. The maximum absolute atomic E-state index is 6.17. The minimum Gasteiger partial charge on any atom is -0.481 e. The Labute approximate surface area is 123 Å². The number of pyridine rings is 1. The van der Waals surface area contributed by atoms with E-state index in [1.807, 2.05) is 24.4 Å². The lowest BCUT2D eigenvalue weighted by molar-refractivity contribution is 0.0528. The van der Waals surface area contributed by atoms with E-state index in [9.17, 15) is 0 Å². The second kappa shape index (κ2) is 5.43. The molecule has 0 aliphatic carbocycles. The highest BCUT2D eigenvalue weighted by molar-refractivity contribution is 6.30. The van der Waals surface area contributed by atoms with Crippen LogP contribution in [0.2, 0.25) is 5.02 Å². The minimum absolute atomic E-state index is 0.171. The Bertz CT molecular complexity index is 642. The summed E-state index contributed by atoms with van der Waals surface area (Å²) in [6, 6.07) is 7.95. The van der Waals surface area contributed by atoms with Gasteiger partial charge in [-0.15, -0.1) is 0 Å². The van der Waals surface area contributed by atoms with Gasteiger partial charge in [-0.05, 0) is 42.2 Å². The van der Waals surface area contributed by atoms with Crippen LogP contribution in [-0.4, -0.2) is 18.2 Å². The fourth-order valence-electron chi connectivity index (χ4n) is 2.52. The molecule has 0 radical (unpaired) electrons. The molecular weight excluding hydrogens is 274 g/mol. The topological polar surface area (TPSA) is 31.4 Å². The van der Waals surface area contributed by atoms with Gasteiger partial charge >= 0.3 is 0 Å². The van der Waals surface area contributed by atoms with Crippen molar-refractivity contribution in [1.82, 2.24) is 4.98 Å². The zero-order valence-corrected chi connectivity index (χ0v) is 12.3. The highest BCUT2D eigenvalue weighted by Crippen LogP contribution is 2.34. The zero-order chi connectivity index (χ0) is 14.1. The summed E-state index contributed by atoms with van der Waals surface area (Å²) in [7, 11) is 1.62. The van der Waals surface area contributed by atoms with Crippen molar-refractivity contribution in [3.63, 3.8) is 0 Å². The molecule has 3 rings (SSSR count). The third-order valence-electron chi connectivity index (χ3n) is 3.56. The van der Waals surface area contributed by atoms with E-state index in [1.165, 1.54) is 5.56 Å². The van der Waals surface area contributed by atoms with Crippen molar-refractivity contribution in [3.8, 4) is 17.0 Å². The summed E-state index contributed by atoms with van der Waals surface area (Å²) < 4.78 is 11.1. The van der Waals surface area contributed by atoms with Crippen LogP contribution in [0.25, 0.3) is 11.1 Å². The largest absolute Gasteiger partial charge is 0.481 e. The Morgan fingerprint density at radius 1 is 1.25 bits per heavy atom. The summed E-state index contributed by atoms with van der Waals surface area (Å²) in [5.41, 5.74) is 4.52. The fourth-order valence-corrected chi connectivity index (χ4v) is 2.69. The number of rotatable bonds is 1. The van der Waals surface area contributed by atoms with Gasteiger partial charge < -0.3 is 9.47 Å². The molecule has 0 amide bonds. The molecule has 0 unspecified atom stereocenters. The van der Waals surface area contributed by atoms with Gasteiger partial charge in [0.1, 0.15) is 0 Å². The van der Waals surface area contributed by atoms with E-state index in [4.69, 9.17) is 21.1 Å². The van der Waals surface area contributed by atoms with Gasteiger partial charge in [-0.3, -0.25) is 0 Å². The molecule has 0 saturated carbocycles. The number of ether oxygens (including phenoxy) is 2. The van der Waals surface area contributed by atoms with E-state index < -0.39 is 0 Å². The molecule has 104 valence electrons. The highest BCUT2D eigenvalue weighted by Gasteiger charge is 2.18. The first-order valence-electron chi connectivity index (χ1n) is 6.60. The molecule has 20 heavy (non-hydrogen) atoms. The molecule has 1 atom stereocenters. The average molecular weight is 290 g/mol. The van der Waals surface area contributed by atoms with Crippen LogP contribution in [0.4, 0.5) is 0 Å². The van der Waals surface area contributed by atoms with Gasteiger partial charge in [-0.25, -0.2) is 4.98 Å². The van der Waals surface area contributed by atoms with Crippen molar-refractivity contribution in [2.24, 2.45) is 0 Å². The normalized spacial score (nSPS) is 17.6. The standard InChI is InChI=1S/C16H16ClNO2/c1-10-5-11-3-4-13(17)6-14(11)15-7-16(19-2)18-8-12(15)9-20-10/h3-4,6-8,10H,5,9H2,1-2H3/t10-/m1/s1. The molecule has 2 aromatic rings. The quantitative estimate of drug-likeness (QED) is 0.798. The van der Waals surface area contributed by atoms with Crippen LogP contribution in [0, 0.1) is 0 Å². The Morgan fingerprint density at radius 3 is 2.85 bits per heavy atom. The van der Waals surface area contributed by atoms with Crippen molar-refractivity contribution in [2.45, 2.75) is 26.1 Å². The van der Waals surface area contributed by atoms with E-state index in [2.05, 4.69) is 18.0 Å². The van der Waals surface area contributed by atoms with Gasteiger partial charge in [0, 0.05) is 22.8 Å². The Balaban J connectivity index is 2.22. The van der Waals surface area contributed by atoms with Crippen molar-refractivity contribution in [3.05, 3.63) is 46.6 Å². The summed E-state index contributed by atoms with van der Waals surface area (Å²) >= 11 is 6.17. The molecule has 3 nitrogen and oxygen atoms in total. The van der Waals surface area contributed by atoms with Crippen LogP contribution in [0.3, 0.4) is 0 Å². The average Bonchev–Trinajstić information content (AvgIpc) is 2.45. The number of hydrogen-bond acceptors (Lipinski definition) is 3. The Kier molecular flexibility index (Phi) is 3.64. The predicted octanol–water partition coefficient (Wildman–Crippen LogP) is 3.87. The Hall–Kier alpha value is -1.58. The Morgan fingerprint density at radius 2 is 2.05 bits per heavy atom. The van der Waals surface area contributed by atoms with E-state index in [1.54, 1.807) is 7.11 Å². The molecular formula is C16H16ClNO2. The molecule has 1 aliphatic rings. The van der Waals surface area contributed by atoms with Crippen LogP contribution in [-0.2, 0) is 17.8 Å². The number of fused-ring (bicyclic) bond motifs is 3. The molecule has 1 aromatic carbocycles. The zero-order valence-electron chi connectivity index (χ0n) is 11.5. The minimum atomic E-state index is 0.171. The van der Waals surface area contributed by atoms with Gasteiger partial charge in [0.05, 0.1) is 19.8 Å². The third-order valence-corrected chi connectivity index (χ3v) is 3.80. The van der Waals surface area contributed by atoms with E-state index >= 15 is 0 Å². The molecule has 1 aliphatic heterocycles. The number of nitrogens with zero attached hydrogens (tertiary/aromatic N) is 1. The second-order valence-electron chi connectivity index (χ2n) is 5.01. The molecule has 0 bridgehead atoms. The molecule has 0 spiro atoms. The van der Waals surface area contributed by atoms with Gasteiger partial charge in [-0.2, -0.15) is 0 Å². The lowest BCUT2D eigenvalue weighted by atomic mass is 9.93. The monoisotopic (exact) mass is 289 g/mol. The highest BCUT2D eigenvalue weighted by atomic mass is 35.5. The number of methoxy groups -OCH3 is 1. The number of halogens is 1. The van der Waals surface area contributed by atoms with E-state index in [-0.39, 0.29) is 6.10 Å². The predicted molar refractivity (Wildman–Crippen MR) is 79.2 cm³/mol. The fraction of sp³-hybridized carbons (Fsp3) is 0.312.